The summed E-state index contributed by atoms with van der Waals surface area (Å²) in [6.45, 7) is 5.13. The van der Waals surface area contributed by atoms with Crippen LogP contribution in [-0.4, -0.2) is 59.7 Å². The van der Waals surface area contributed by atoms with Gasteiger partial charge in [0.2, 0.25) is 27.7 Å². The van der Waals surface area contributed by atoms with Gasteiger partial charge in [0.1, 0.15) is 12.4 Å². The third kappa shape index (κ3) is 4.11. The Kier molecular flexibility index (Phi) is 6.54. The smallest absolute Gasteiger partial charge is 0.245 e. The Bertz CT molecular complexity index is 863. The highest BCUT2D eigenvalue weighted by Crippen LogP contribution is 2.34. The molecule has 150 valence electrons. The zero-order valence-electron chi connectivity index (χ0n) is 16.1. The van der Waals surface area contributed by atoms with Crippen LogP contribution in [0.5, 0.6) is 11.8 Å². The molecule has 0 aromatic carbocycles. The lowest BCUT2D eigenvalue weighted by Crippen LogP contribution is -2.26. The van der Waals surface area contributed by atoms with E-state index in [1.54, 1.807) is 20.8 Å². The van der Waals surface area contributed by atoms with Gasteiger partial charge in [-0.2, -0.15) is 9.97 Å². The lowest BCUT2D eigenvalue weighted by Gasteiger charge is -2.18. The minimum atomic E-state index is -3.69. The Morgan fingerprint density at radius 1 is 1.11 bits per heavy atom. The topological polar surface area (TPSA) is 130 Å². The number of ether oxygens (including phenoxy) is 3. The van der Waals surface area contributed by atoms with E-state index in [4.69, 9.17) is 14.2 Å². The van der Waals surface area contributed by atoms with Crippen molar-refractivity contribution < 1.29 is 22.6 Å². The summed E-state index contributed by atoms with van der Waals surface area (Å²) in [4.78, 5) is 8.14. The van der Waals surface area contributed by atoms with Crippen molar-refractivity contribution in [2.75, 3.05) is 26.1 Å². The number of sulfonamides is 1. The molecule has 0 amide bonds. The van der Waals surface area contributed by atoms with E-state index in [0.717, 1.165) is 0 Å². The largest absolute Gasteiger partial charge is 0.479 e. The number of hydrogen-bond acceptors (Lipinski definition) is 9. The van der Waals surface area contributed by atoms with Crippen LogP contribution in [0.15, 0.2) is 6.33 Å². The van der Waals surface area contributed by atoms with Crippen LogP contribution < -0.4 is 14.2 Å². The second-order valence-corrected chi connectivity index (χ2v) is 7.80. The quantitative estimate of drug-likeness (QED) is 0.662. The van der Waals surface area contributed by atoms with Gasteiger partial charge in [0.15, 0.2) is 11.5 Å². The number of nitrogens with zero attached hydrogens (tertiary/aromatic N) is 5. The maximum absolute atomic E-state index is 12.6. The molecule has 2 heterocycles. The highest BCUT2D eigenvalue weighted by atomic mass is 32.2. The van der Waals surface area contributed by atoms with E-state index in [2.05, 4.69) is 24.9 Å². The molecule has 0 radical (unpaired) electrons. The molecule has 0 saturated carbocycles. The third-order valence-corrected chi connectivity index (χ3v) is 5.97. The standard InChI is InChI=1S/C15H24N6O5S/c1-7-9(2)27(22,23)20-15-19-18-12(10(3)24-4)21(15)11-13(25-5)16-8-17-14(11)26-6/h8-10H,7H2,1-6H3,(H,19,20)/t9?,10-/m0/s1. The van der Waals surface area contributed by atoms with E-state index in [1.807, 2.05) is 0 Å². The van der Waals surface area contributed by atoms with Crippen molar-refractivity contribution in [2.45, 2.75) is 38.5 Å². The van der Waals surface area contributed by atoms with Crippen molar-refractivity contribution in [2.24, 2.45) is 0 Å². The normalized spacial score (nSPS) is 13.9. The van der Waals surface area contributed by atoms with Crippen LogP contribution in [0.1, 0.15) is 39.1 Å². The monoisotopic (exact) mass is 400 g/mol. The molecule has 0 aliphatic carbocycles. The molecule has 0 fully saturated rings. The van der Waals surface area contributed by atoms with E-state index < -0.39 is 21.4 Å². The van der Waals surface area contributed by atoms with Gasteiger partial charge in [-0.25, -0.2) is 8.42 Å². The molecule has 27 heavy (non-hydrogen) atoms. The Hall–Kier alpha value is -2.47. The molecule has 0 bridgehead atoms. The van der Waals surface area contributed by atoms with Crippen LogP contribution in [0.2, 0.25) is 0 Å². The Labute approximate surface area is 158 Å². The van der Waals surface area contributed by atoms with Gasteiger partial charge in [-0.15, -0.1) is 10.2 Å². The van der Waals surface area contributed by atoms with E-state index in [1.165, 1.54) is 32.2 Å². The Morgan fingerprint density at radius 2 is 1.70 bits per heavy atom. The average Bonchev–Trinajstić information content (AvgIpc) is 3.07. The van der Waals surface area contributed by atoms with Crippen LogP contribution in [0.4, 0.5) is 5.95 Å². The van der Waals surface area contributed by atoms with Gasteiger partial charge >= 0.3 is 0 Å². The van der Waals surface area contributed by atoms with Crippen molar-refractivity contribution >= 4 is 16.0 Å². The van der Waals surface area contributed by atoms with E-state index in [0.29, 0.717) is 12.2 Å². The first-order chi connectivity index (χ1) is 12.8. The van der Waals surface area contributed by atoms with Crippen LogP contribution >= 0.6 is 0 Å². The lowest BCUT2D eigenvalue weighted by atomic mass is 10.3. The van der Waals surface area contributed by atoms with Gasteiger partial charge < -0.3 is 14.2 Å². The molecule has 0 saturated heterocycles. The molecule has 0 spiro atoms. The Morgan fingerprint density at radius 3 is 2.19 bits per heavy atom. The molecule has 2 rings (SSSR count). The summed E-state index contributed by atoms with van der Waals surface area (Å²) in [5.41, 5.74) is 0.258. The van der Waals surface area contributed by atoms with E-state index >= 15 is 0 Å². The van der Waals surface area contributed by atoms with Gasteiger partial charge in [0.05, 0.1) is 19.5 Å². The maximum Gasteiger partial charge on any atom is 0.245 e. The second-order valence-electron chi connectivity index (χ2n) is 5.70. The number of rotatable bonds is 9. The van der Waals surface area contributed by atoms with Crippen LogP contribution in [0, 0.1) is 0 Å². The van der Waals surface area contributed by atoms with Crippen molar-refractivity contribution in [1.29, 1.82) is 0 Å². The molecule has 11 nitrogen and oxygen atoms in total. The van der Waals surface area contributed by atoms with Gasteiger partial charge in [-0.3, -0.25) is 9.29 Å². The van der Waals surface area contributed by atoms with Gasteiger partial charge in [-0.1, -0.05) is 6.92 Å². The summed E-state index contributed by atoms with van der Waals surface area (Å²) in [5, 5.41) is 7.44. The van der Waals surface area contributed by atoms with Gasteiger partial charge in [0.25, 0.3) is 0 Å². The summed E-state index contributed by atoms with van der Waals surface area (Å²) in [6, 6.07) is 0. The van der Waals surface area contributed by atoms with E-state index in [9.17, 15) is 8.42 Å². The summed E-state index contributed by atoms with van der Waals surface area (Å²) in [6.07, 6.45) is 1.20. The van der Waals surface area contributed by atoms with Crippen LogP contribution in [0.25, 0.3) is 5.69 Å². The SMILES string of the molecule is CCC(C)S(=O)(=O)Nc1nnc([C@H](C)OC)n1-c1c(OC)ncnc1OC. The van der Waals surface area contributed by atoms with Crippen molar-refractivity contribution in [3.8, 4) is 17.4 Å². The van der Waals surface area contributed by atoms with Gasteiger partial charge in [0, 0.05) is 7.11 Å². The zero-order valence-corrected chi connectivity index (χ0v) is 16.9. The molecule has 2 aromatic heterocycles. The average molecular weight is 400 g/mol. The second kappa shape index (κ2) is 8.48. The first-order valence-corrected chi connectivity index (χ1v) is 9.78. The number of methoxy groups -OCH3 is 3. The first-order valence-electron chi connectivity index (χ1n) is 8.23. The fraction of sp³-hybridized carbons (Fsp3) is 0.600. The summed E-state index contributed by atoms with van der Waals surface area (Å²) in [7, 11) is 0.671. The highest BCUT2D eigenvalue weighted by Gasteiger charge is 2.29. The molecule has 1 N–H and O–H groups in total. The van der Waals surface area contributed by atoms with Gasteiger partial charge in [-0.05, 0) is 20.3 Å². The van der Waals surface area contributed by atoms with Crippen LogP contribution in [0.3, 0.4) is 0 Å². The molecule has 0 aliphatic heterocycles. The predicted molar refractivity (Wildman–Crippen MR) is 97.8 cm³/mol. The summed E-state index contributed by atoms with van der Waals surface area (Å²) >= 11 is 0. The van der Waals surface area contributed by atoms with Crippen LogP contribution in [-0.2, 0) is 14.8 Å². The summed E-state index contributed by atoms with van der Waals surface area (Å²) in [5.74, 6) is 0.608. The highest BCUT2D eigenvalue weighted by molar-refractivity contribution is 7.93. The van der Waals surface area contributed by atoms with Crippen molar-refractivity contribution in [3.63, 3.8) is 0 Å². The third-order valence-electron chi connectivity index (χ3n) is 4.11. The summed E-state index contributed by atoms with van der Waals surface area (Å²) < 4.78 is 45.0. The Balaban J connectivity index is 2.73. The number of nitrogens with one attached hydrogen (secondary N) is 1. The van der Waals surface area contributed by atoms with Crippen molar-refractivity contribution in [3.05, 3.63) is 12.2 Å². The lowest BCUT2D eigenvalue weighted by molar-refractivity contribution is 0.110. The molecular weight excluding hydrogens is 376 g/mol. The minimum Gasteiger partial charge on any atom is -0.479 e. The first kappa shape index (κ1) is 20.8. The number of hydrogen-bond donors (Lipinski definition) is 1. The fourth-order valence-electron chi connectivity index (χ4n) is 2.24. The minimum absolute atomic E-state index is 0.0411. The molecule has 1 unspecified atom stereocenters. The van der Waals surface area contributed by atoms with E-state index in [-0.39, 0.29) is 23.4 Å². The zero-order chi connectivity index (χ0) is 20.2. The molecule has 2 aromatic rings. The number of anilines is 1. The van der Waals surface area contributed by atoms with Crippen molar-refractivity contribution in [1.82, 2.24) is 24.7 Å². The fourth-order valence-corrected chi connectivity index (χ4v) is 3.26. The number of aromatic nitrogens is 5. The maximum atomic E-state index is 12.6. The predicted octanol–water partition coefficient (Wildman–Crippen LogP) is 1.32. The molecule has 12 heteroatoms. The molecule has 2 atom stereocenters. The molecule has 0 aliphatic rings. The molecular formula is C15H24N6O5S.